The second-order valence-electron chi connectivity index (χ2n) is 8.57. The molecule has 1 N–H and O–H groups in total. The Balaban J connectivity index is 1.37. The van der Waals surface area contributed by atoms with Crippen LogP contribution >= 0.6 is 0 Å². The van der Waals surface area contributed by atoms with Gasteiger partial charge in [-0.05, 0) is 53.4 Å². The number of amides is 1. The van der Waals surface area contributed by atoms with Gasteiger partial charge in [0, 0.05) is 11.5 Å². The monoisotopic (exact) mass is 430 g/mol. The molecule has 2 aromatic carbocycles. The zero-order valence-electron chi connectivity index (χ0n) is 18.6. The fourth-order valence-corrected chi connectivity index (χ4v) is 3.27. The number of nitrogens with zero attached hydrogens (tertiary/aromatic N) is 1. The smallest absolute Gasteiger partial charge is 0.291 e. The molecule has 4 aromatic rings. The molecular weight excluding hydrogens is 404 g/mol. The fourth-order valence-electron chi connectivity index (χ4n) is 3.27. The minimum Gasteiger partial charge on any atom is -0.497 e. The molecule has 164 valence electrons. The van der Waals surface area contributed by atoms with E-state index >= 15 is 0 Å². The van der Waals surface area contributed by atoms with Crippen molar-refractivity contribution in [3.8, 4) is 11.5 Å². The van der Waals surface area contributed by atoms with Gasteiger partial charge in [0.2, 0.25) is 0 Å². The van der Waals surface area contributed by atoms with Gasteiger partial charge in [0.15, 0.2) is 5.76 Å². The van der Waals surface area contributed by atoms with Gasteiger partial charge in [0.1, 0.15) is 23.9 Å². The Morgan fingerprint density at radius 2 is 1.75 bits per heavy atom. The summed E-state index contributed by atoms with van der Waals surface area (Å²) in [6.45, 7) is 6.75. The highest BCUT2D eigenvalue weighted by Gasteiger charge is 2.14. The molecule has 32 heavy (non-hydrogen) atoms. The van der Waals surface area contributed by atoms with Crippen molar-refractivity contribution in [2.45, 2.75) is 32.8 Å². The summed E-state index contributed by atoms with van der Waals surface area (Å²) in [6, 6.07) is 18.8. The Labute approximate surface area is 187 Å². The number of fused-ring (bicyclic) bond motifs is 1. The molecule has 0 saturated heterocycles. The number of pyridine rings is 1. The molecule has 1 amide bonds. The van der Waals surface area contributed by atoms with Crippen LogP contribution in [0.3, 0.4) is 0 Å². The van der Waals surface area contributed by atoms with Gasteiger partial charge in [-0.1, -0.05) is 32.9 Å². The van der Waals surface area contributed by atoms with E-state index in [0.29, 0.717) is 11.4 Å². The lowest BCUT2D eigenvalue weighted by atomic mass is 9.87. The third-order valence-electron chi connectivity index (χ3n) is 5.14. The Bertz CT molecular complexity index is 1240. The van der Waals surface area contributed by atoms with Gasteiger partial charge in [-0.15, -0.1) is 0 Å². The molecule has 2 aromatic heterocycles. The van der Waals surface area contributed by atoms with Crippen LogP contribution in [0.15, 0.2) is 71.3 Å². The van der Waals surface area contributed by atoms with Crippen molar-refractivity contribution in [2.24, 2.45) is 0 Å². The number of benzene rings is 2. The minimum absolute atomic E-state index is 0.0925. The zero-order chi connectivity index (χ0) is 22.7. The average molecular weight is 431 g/mol. The molecule has 0 bridgehead atoms. The number of carbonyl (C=O) groups is 1. The highest BCUT2D eigenvalue weighted by atomic mass is 16.5. The van der Waals surface area contributed by atoms with Crippen LogP contribution in [0.1, 0.15) is 42.6 Å². The Morgan fingerprint density at radius 3 is 2.47 bits per heavy atom. The molecule has 0 aliphatic rings. The van der Waals surface area contributed by atoms with Crippen molar-refractivity contribution in [1.29, 1.82) is 0 Å². The van der Waals surface area contributed by atoms with Crippen molar-refractivity contribution >= 4 is 22.5 Å². The molecule has 0 spiro atoms. The first-order chi connectivity index (χ1) is 15.3. The first-order valence-corrected chi connectivity index (χ1v) is 10.4. The average Bonchev–Trinajstić information content (AvgIpc) is 3.26. The highest BCUT2D eigenvalue weighted by molar-refractivity contribution is 6.03. The van der Waals surface area contributed by atoms with E-state index < -0.39 is 0 Å². The summed E-state index contributed by atoms with van der Waals surface area (Å²) in [4.78, 5) is 17.0. The molecule has 2 heterocycles. The van der Waals surface area contributed by atoms with Crippen LogP contribution in [-0.4, -0.2) is 18.0 Å². The molecule has 0 atom stereocenters. The maximum Gasteiger partial charge on any atom is 0.291 e. The molecular formula is C26H26N2O4. The topological polar surface area (TPSA) is 73.6 Å². The SMILES string of the molecule is COc1ccc2cc(NC(=O)c3ccc(COc4ccc(C(C)(C)C)cc4)o3)cnc2c1. The van der Waals surface area contributed by atoms with Crippen LogP contribution in [0.2, 0.25) is 0 Å². The number of anilines is 1. The second kappa shape index (κ2) is 8.75. The van der Waals surface area contributed by atoms with Gasteiger partial charge in [0.05, 0.1) is 24.5 Å². The largest absolute Gasteiger partial charge is 0.497 e. The summed E-state index contributed by atoms with van der Waals surface area (Å²) in [5, 5.41) is 3.72. The van der Waals surface area contributed by atoms with Crippen molar-refractivity contribution < 1.29 is 18.7 Å². The molecule has 0 aliphatic carbocycles. The van der Waals surface area contributed by atoms with Crippen LogP contribution in [0, 0.1) is 0 Å². The second-order valence-corrected chi connectivity index (χ2v) is 8.57. The third kappa shape index (κ3) is 4.91. The number of aromatic nitrogens is 1. The first kappa shape index (κ1) is 21.4. The van der Waals surface area contributed by atoms with E-state index in [9.17, 15) is 4.79 Å². The van der Waals surface area contributed by atoms with Gasteiger partial charge < -0.3 is 19.2 Å². The van der Waals surface area contributed by atoms with E-state index in [1.165, 1.54) is 5.56 Å². The predicted molar refractivity (Wildman–Crippen MR) is 124 cm³/mol. The summed E-state index contributed by atoms with van der Waals surface area (Å²) in [5.41, 5.74) is 2.70. The van der Waals surface area contributed by atoms with E-state index in [-0.39, 0.29) is 23.7 Å². The van der Waals surface area contributed by atoms with Gasteiger partial charge >= 0.3 is 0 Å². The normalized spacial score (nSPS) is 11.4. The van der Waals surface area contributed by atoms with E-state index in [1.54, 1.807) is 25.4 Å². The maximum absolute atomic E-state index is 12.6. The molecule has 0 radical (unpaired) electrons. The summed E-state index contributed by atoms with van der Waals surface area (Å²) in [6.07, 6.45) is 1.61. The summed E-state index contributed by atoms with van der Waals surface area (Å²) >= 11 is 0. The molecule has 0 saturated carbocycles. The van der Waals surface area contributed by atoms with Crippen LogP contribution in [-0.2, 0) is 12.0 Å². The van der Waals surface area contributed by atoms with E-state index in [0.717, 1.165) is 22.4 Å². The van der Waals surface area contributed by atoms with Crippen LogP contribution < -0.4 is 14.8 Å². The molecule has 0 unspecified atom stereocenters. The number of hydrogen-bond acceptors (Lipinski definition) is 5. The first-order valence-electron chi connectivity index (χ1n) is 10.4. The zero-order valence-corrected chi connectivity index (χ0v) is 18.6. The number of furan rings is 1. The maximum atomic E-state index is 12.6. The Hall–Kier alpha value is -3.80. The minimum atomic E-state index is -0.347. The van der Waals surface area contributed by atoms with Crippen LogP contribution in [0.4, 0.5) is 5.69 Å². The lowest BCUT2D eigenvalue weighted by Crippen LogP contribution is -2.11. The lowest BCUT2D eigenvalue weighted by Gasteiger charge is -2.19. The van der Waals surface area contributed by atoms with E-state index in [4.69, 9.17) is 13.9 Å². The van der Waals surface area contributed by atoms with Gasteiger partial charge in [-0.3, -0.25) is 9.78 Å². The number of ether oxygens (including phenoxy) is 2. The summed E-state index contributed by atoms with van der Waals surface area (Å²) in [5.74, 6) is 1.91. The Morgan fingerprint density at radius 1 is 1.00 bits per heavy atom. The molecule has 0 aliphatic heterocycles. The fraction of sp³-hybridized carbons (Fsp3) is 0.231. The molecule has 4 rings (SSSR count). The third-order valence-corrected chi connectivity index (χ3v) is 5.14. The quantitative estimate of drug-likeness (QED) is 0.408. The highest BCUT2D eigenvalue weighted by Crippen LogP contribution is 2.25. The van der Waals surface area contributed by atoms with Gasteiger partial charge in [-0.25, -0.2) is 0 Å². The van der Waals surface area contributed by atoms with Crippen molar-refractivity contribution in [3.05, 3.63) is 83.9 Å². The summed E-state index contributed by atoms with van der Waals surface area (Å²) in [7, 11) is 1.61. The molecule has 6 heteroatoms. The number of hydrogen-bond donors (Lipinski definition) is 1. The predicted octanol–water partition coefficient (Wildman–Crippen LogP) is 5.97. The van der Waals surface area contributed by atoms with Crippen molar-refractivity contribution in [2.75, 3.05) is 12.4 Å². The molecule has 6 nitrogen and oxygen atoms in total. The van der Waals surface area contributed by atoms with Crippen molar-refractivity contribution in [3.63, 3.8) is 0 Å². The Kier molecular flexibility index (Phi) is 5.86. The van der Waals surface area contributed by atoms with Crippen molar-refractivity contribution in [1.82, 2.24) is 4.98 Å². The number of carbonyl (C=O) groups excluding carboxylic acids is 1. The van der Waals surface area contributed by atoms with E-state index in [1.807, 2.05) is 36.4 Å². The number of nitrogens with one attached hydrogen (secondary N) is 1. The summed E-state index contributed by atoms with van der Waals surface area (Å²) < 4.78 is 16.7. The van der Waals surface area contributed by atoms with Crippen LogP contribution in [0.5, 0.6) is 11.5 Å². The lowest BCUT2D eigenvalue weighted by molar-refractivity contribution is 0.0992. The molecule has 0 fully saturated rings. The van der Waals surface area contributed by atoms with E-state index in [2.05, 4.69) is 43.2 Å². The standard InChI is InChI=1S/C26H26N2O4/c1-26(2,3)18-6-9-20(10-7-18)31-16-22-11-12-24(32-22)25(29)28-19-13-17-5-8-21(30-4)14-23(17)27-15-19/h5-15H,16H2,1-4H3,(H,28,29). The van der Waals surface area contributed by atoms with Crippen LogP contribution in [0.25, 0.3) is 10.9 Å². The number of methoxy groups -OCH3 is 1. The van der Waals surface area contributed by atoms with Gasteiger partial charge in [0.25, 0.3) is 5.91 Å². The van der Waals surface area contributed by atoms with Gasteiger partial charge in [-0.2, -0.15) is 0 Å². The number of rotatable bonds is 6.